The van der Waals surface area contributed by atoms with E-state index in [-0.39, 0.29) is 186 Å². The Hall–Kier alpha value is 2.80. The molecule has 0 bridgehead atoms. The summed E-state index contributed by atoms with van der Waals surface area (Å²) in [5.74, 6) is 0.00492. The number of imidazole rings is 1. The van der Waals surface area contributed by atoms with Crippen molar-refractivity contribution in [3.05, 3.63) is 40.9 Å². The van der Waals surface area contributed by atoms with E-state index in [1.807, 2.05) is 24.3 Å². The zero-order valence-corrected chi connectivity index (χ0v) is 29.4. The molecule has 3 aliphatic rings. The summed E-state index contributed by atoms with van der Waals surface area (Å²) in [5.41, 5.74) is 3.09. The van der Waals surface area contributed by atoms with Crippen LogP contribution in [0.2, 0.25) is 30.7 Å². The topological polar surface area (TPSA) is 138 Å². The van der Waals surface area contributed by atoms with Gasteiger partial charge in [0.05, 0.1) is 36.0 Å². The number of hydrogen-bond acceptors (Lipinski definition) is 9. The molecule has 0 amide bonds. The number of phosphoric acid groups is 1. The van der Waals surface area contributed by atoms with Gasteiger partial charge in [0.25, 0.3) is 0 Å². The van der Waals surface area contributed by atoms with E-state index < -0.39 is 53.0 Å². The van der Waals surface area contributed by atoms with Gasteiger partial charge in [-0.2, -0.15) is 18.2 Å². The van der Waals surface area contributed by atoms with Gasteiger partial charge in [-0.25, -0.2) is 9.55 Å². The van der Waals surface area contributed by atoms with E-state index in [0.717, 1.165) is 17.2 Å². The van der Waals surface area contributed by atoms with Crippen LogP contribution in [0.25, 0.3) is 22.4 Å². The van der Waals surface area contributed by atoms with Gasteiger partial charge in [-0.1, -0.05) is 55.5 Å². The summed E-state index contributed by atoms with van der Waals surface area (Å²) in [6, 6.07) is 10.4. The van der Waals surface area contributed by atoms with Crippen molar-refractivity contribution in [2.75, 3.05) is 39.5 Å². The van der Waals surface area contributed by atoms with Gasteiger partial charge in [-0.3, -0.25) is 14.0 Å². The Morgan fingerprint density at radius 1 is 1.04 bits per heavy atom. The Labute approximate surface area is 428 Å². The molecule has 3 saturated heterocycles. The number of fused-ring (bicyclic) bond motifs is 2. The Balaban J connectivity index is 0.00000234. The molecule has 3 aliphatic heterocycles. The second-order valence-corrected chi connectivity index (χ2v) is 20.9. The van der Waals surface area contributed by atoms with E-state index in [1.54, 1.807) is 10.6 Å². The molecular formula is C30H42ClF3K3N4O8PSi. The summed E-state index contributed by atoms with van der Waals surface area (Å²) in [6.45, 7) is 7.27. The van der Waals surface area contributed by atoms with Crippen molar-refractivity contribution in [3.8, 4) is 17.3 Å². The maximum absolute atomic E-state index is 12.9. The number of hydrogen-bond donors (Lipinski definition) is 2. The van der Waals surface area contributed by atoms with Crippen LogP contribution in [0.15, 0.2) is 30.3 Å². The third-order valence-corrected chi connectivity index (χ3v) is 11.2. The molecule has 6 rings (SSSR count). The number of nitrogens with zero attached hydrogens (tertiary/aromatic N) is 4. The first-order valence-corrected chi connectivity index (χ1v) is 21.3. The number of halogens is 4. The van der Waals surface area contributed by atoms with Crippen molar-refractivity contribution < 1.29 is 51.0 Å². The minimum absolute atomic E-state index is 0. The van der Waals surface area contributed by atoms with Crippen LogP contribution in [-0.4, -0.2) is 261 Å². The van der Waals surface area contributed by atoms with Gasteiger partial charge in [0.1, 0.15) is 25.0 Å². The van der Waals surface area contributed by atoms with Crippen LogP contribution in [0.3, 0.4) is 0 Å². The molecule has 21 heteroatoms. The van der Waals surface area contributed by atoms with Crippen molar-refractivity contribution in [2.24, 2.45) is 0 Å². The SMILES string of the molecule is C[Si](C)(C)CCOCn1c(O[C@@H]2CO[C@@H]3[C@@H]2OC[C@H]3OP(=O)(O)O)nc2nc(-c3ccc(C4CCN(CC(F)(F)F)C4)cc3)c(Cl)cc21.[KH].[KH].[KH]. The average molecular weight is 855 g/mol. The number of ether oxygens (including phenoxy) is 4. The van der Waals surface area contributed by atoms with Crippen LogP contribution < -0.4 is 4.74 Å². The van der Waals surface area contributed by atoms with Crippen molar-refractivity contribution in [1.82, 2.24) is 19.4 Å². The summed E-state index contributed by atoms with van der Waals surface area (Å²) in [7, 11) is -6.11. The fraction of sp³-hybridized carbons (Fsp3) is 0.600. The Bertz CT molecular complexity index is 1670. The quantitative estimate of drug-likeness (QED) is 0.158. The first kappa shape index (κ1) is 48.2. The molecule has 5 atom stereocenters. The van der Waals surface area contributed by atoms with Crippen LogP contribution in [-0.2, 0) is 30.0 Å². The molecule has 5 heterocycles. The number of pyridine rings is 1. The third kappa shape index (κ3) is 13.1. The monoisotopic (exact) mass is 854 g/mol. The van der Waals surface area contributed by atoms with Gasteiger partial charge in [0.15, 0.2) is 11.8 Å². The zero-order valence-electron chi connectivity index (χ0n) is 26.7. The van der Waals surface area contributed by atoms with Gasteiger partial charge in [-0.05, 0) is 36.6 Å². The first-order valence-electron chi connectivity index (χ1n) is 15.7. The average Bonchev–Trinajstić information content (AvgIpc) is 3.75. The maximum atomic E-state index is 12.9. The van der Waals surface area contributed by atoms with Crippen LogP contribution >= 0.6 is 19.4 Å². The van der Waals surface area contributed by atoms with Crippen molar-refractivity contribution in [3.63, 3.8) is 0 Å². The van der Waals surface area contributed by atoms with Crippen molar-refractivity contribution >= 4 is 193 Å². The normalized spacial score (nSPS) is 23.8. The summed E-state index contributed by atoms with van der Waals surface area (Å²) >= 11 is 6.79. The predicted octanol–water partition coefficient (Wildman–Crippen LogP) is 3.49. The number of alkyl halides is 3. The van der Waals surface area contributed by atoms with E-state index in [1.165, 1.54) is 4.90 Å². The van der Waals surface area contributed by atoms with E-state index in [9.17, 15) is 27.5 Å². The van der Waals surface area contributed by atoms with Crippen LogP contribution in [0.5, 0.6) is 6.01 Å². The third-order valence-electron chi connectivity index (χ3n) is 8.70. The predicted molar refractivity (Wildman–Crippen MR) is 194 cm³/mol. The van der Waals surface area contributed by atoms with Gasteiger partial charge < -0.3 is 28.7 Å². The first-order chi connectivity index (χ1) is 22.5. The molecular weight excluding hydrogens is 813 g/mol. The molecule has 2 N–H and O–H groups in total. The van der Waals surface area contributed by atoms with E-state index in [0.29, 0.717) is 48.0 Å². The summed E-state index contributed by atoms with van der Waals surface area (Å²) in [6.07, 6.45) is -6.54. The molecule has 12 nitrogen and oxygen atoms in total. The van der Waals surface area contributed by atoms with Gasteiger partial charge in [0.2, 0.25) is 0 Å². The number of benzene rings is 1. The fourth-order valence-electron chi connectivity index (χ4n) is 6.30. The molecule has 51 heavy (non-hydrogen) atoms. The van der Waals surface area contributed by atoms with Crippen molar-refractivity contribution in [1.29, 1.82) is 0 Å². The summed E-state index contributed by atoms with van der Waals surface area (Å²) < 4.78 is 80.5. The molecule has 3 aromatic rings. The molecule has 0 saturated carbocycles. The molecule has 0 aliphatic carbocycles. The number of aromatic nitrogens is 3. The van der Waals surface area contributed by atoms with Crippen LogP contribution in [0, 0.1) is 0 Å². The van der Waals surface area contributed by atoms with Gasteiger partial charge >= 0.3 is 174 Å². The molecule has 1 unspecified atom stereocenters. The standard InChI is InChI=1S/C30H39ClF3N4O8PSi.3K.3H/c1-48(2,3)11-10-42-17-38-22-12-21(31)25(19-6-4-18(5-7-19)20-8-9-37(13-20)16-30(32,33)34)35-28(22)36-29(38)45-23-14-43-27-24(15-44-26(23)27)46-47(39,40)41;;;;;;/h4-7,12,20,23-24,26-27H,8-11,13-17H2,1-3H3,(H2,39,40,41);;;;;;/t20?,23-,24-,26-,27+;;;;;;/m1....../s1. The van der Waals surface area contributed by atoms with E-state index >= 15 is 0 Å². The molecule has 0 radical (unpaired) electrons. The van der Waals surface area contributed by atoms with E-state index in [4.69, 9.17) is 40.1 Å². The van der Waals surface area contributed by atoms with Crippen molar-refractivity contribution in [2.45, 2.75) is 75.3 Å². The molecule has 0 spiro atoms. The fourth-order valence-corrected chi connectivity index (χ4v) is 7.85. The zero-order chi connectivity index (χ0) is 34.4. The minimum atomic E-state index is -4.75. The molecule has 1 aromatic carbocycles. The van der Waals surface area contributed by atoms with Gasteiger partial charge in [0, 0.05) is 26.8 Å². The van der Waals surface area contributed by atoms with Crippen LogP contribution in [0.1, 0.15) is 17.9 Å². The second kappa shape index (κ2) is 20.2. The molecule has 270 valence electrons. The number of phosphoric ester groups is 1. The van der Waals surface area contributed by atoms with E-state index in [2.05, 4.69) is 24.6 Å². The number of rotatable bonds is 12. The van der Waals surface area contributed by atoms with Gasteiger partial charge in [-0.15, -0.1) is 0 Å². The summed E-state index contributed by atoms with van der Waals surface area (Å²) in [4.78, 5) is 29.4. The summed E-state index contributed by atoms with van der Waals surface area (Å²) in [5, 5.41) is 0.364. The Morgan fingerprint density at radius 2 is 1.69 bits per heavy atom. The Kier molecular flexibility index (Phi) is 19.1. The molecule has 3 fully saturated rings. The second-order valence-electron chi connectivity index (χ2n) is 13.7. The van der Waals surface area contributed by atoms with Crippen LogP contribution in [0.4, 0.5) is 13.2 Å². The Morgan fingerprint density at radius 3 is 2.31 bits per heavy atom. The number of likely N-dealkylation sites (tertiary alicyclic amines) is 1. The molecule has 2 aromatic heterocycles.